The number of amides is 1. The lowest BCUT2D eigenvalue weighted by atomic mass is 9.97. The SMILES string of the molecule is O=C(NCC1CCN(CC(F)(F)F)CC1)c1cccn1-c1ncc(C(F)(F)F)cc1Cl. The third kappa shape index (κ3) is 6.13. The molecule has 2 aromatic heterocycles. The number of nitrogens with zero attached hydrogens (tertiary/aromatic N) is 3. The summed E-state index contributed by atoms with van der Waals surface area (Å²) in [5.41, 5.74) is -0.875. The van der Waals surface area contributed by atoms with Gasteiger partial charge in [0.25, 0.3) is 5.91 Å². The summed E-state index contributed by atoms with van der Waals surface area (Å²) in [5.74, 6) is -0.476. The predicted molar refractivity (Wildman–Crippen MR) is 101 cm³/mol. The monoisotopic (exact) mass is 468 g/mol. The van der Waals surface area contributed by atoms with E-state index in [4.69, 9.17) is 11.6 Å². The van der Waals surface area contributed by atoms with E-state index in [1.54, 1.807) is 0 Å². The van der Waals surface area contributed by atoms with Crippen LogP contribution in [0.25, 0.3) is 5.82 Å². The second-order valence-electron chi connectivity index (χ2n) is 7.34. The van der Waals surface area contributed by atoms with Crippen LogP contribution in [0.2, 0.25) is 5.02 Å². The molecule has 1 N–H and O–H groups in total. The molecule has 1 fully saturated rings. The highest BCUT2D eigenvalue weighted by molar-refractivity contribution is 6.32. The van der Waals surface area contributed by atoms with Crippen LogP contribution >= 0.6 is 11.6 Å². The molecule has 0 unspecified atom stereocenters. The molecular formula is C19H19ClF6N4O. The topological polar surface area (TPSA) is 50.2 Å². The van der Waals surface area contributed by atoms with Crippen LogP contribution in [0.15, 0.2) is 30.6 Å². The van der Waals surface area contributed by atoms with Crippen molar-refractivity contribution in [2.24, 2.45) is 5.92 Å². The van der Waals surface area contributed by atoms with E-state index in [9.17, 15) is 31.1 Å². The number of likely N-dealkylation sites (tertiary alicyclic amines) is 1. The first kappa shape index (κ1) is 23.4. The Labute approximate surface area is 179 Å². The highest BCUT2D eigenvalue weighted by atomic mass is 35.5. The summed E-state index contributed by atoms with van der Waals surface area (Å²) in [6, 6.07) is 3.73. The zero-order chi connectivity index (χ0) is 22.8. The van der Waals surface area contributed by atoms with Crippen molar-refractivity contribution >= 4 is 17.5 Å². The molecule has 1 aliphatic rings. The molecule has 2 aromatic rings. The summed E-state index contributed by atoms with van der Waals surface area (Å²) >= 11 is 5.96. The maximum absolute atomic E-state index is 12.8. The van der Waals surface area contributed by atoms with Gasteiger partial charge in [0, 0.05) is 18.9 Å². The number of carbonyl (C=O) groups excluding carboxylic acids is 1. The van der Waals surface area contributed by atoms with Crippen molar-refractivity contribution in [3.05, 3.63) is 46.9 Å². The molecule has 0 radical (unpaired) electrons. The molecule has 0 aliphatic carbocycles. The molecule has 3 rings (SSSR count). The van der Waals surface area contributed by atoms with E-state index in [0.717, 1.165) is 6.07 Å². The number of aromatic nitrogens is 2. The number of pyridine rings is 1. The first-order valence-corrected chi connectivity index (χ1v) is 9.79. The number of alkyl halides is 6. The van der Waals surface area contributed by atoms with Crippen LogP contribution in [-0.4, -0.2) is 52.7 Å². The minimum absolute atomic E-state index is 0.0229. The molecule has 12 heteroatoms. The van der Waals surface area contributed by atoms with Crippen LogP contribution in [0.3, 0.4) is 0 Å². The highest BCUT2D eigenvalue weighted by Gasteiger charge is 2.33. The second kappa shape index (κ2) is 9.07. The van der Waals surface area contributed by atoms with Crippen LogP contribution in [0.5, 0.6) is 0 Å². The molecule has 1 saturated heterocycles. The maximum atomic E-state index is 12.8. The average Bonchev–Trinajstić information content (AvgIpc) is 3.15. The molecule has 0 bridgehead atoms. The van der Waals surface area contributed by atoms with Gasteiger partial charge in [-0.3, -0.25) is 14.3 Å². The summed E-state index contributed by atoms with van der Waals surface area (Å²) in [5, 5.41) is 2.47. The van der Waals surface area contributed by atoms with Gasteiger partial charge >= 0.3 is 12.4 Å². The van der Waals surface area contributed by atoms with E-state index < -0.39 is 30.4 Å². The highest BCUT2D eigenvalue weighted by Crippen LogP contribution is 2.32. The van der Waals surface area contributed by atoms with Gasteiger partial charge in [-0.2, -0.15) is 26.3 Å². The lowest BCUT2D eigenvalue weighted by Crippen LogP contribution is -2.42. The van der Waals surface area contributed by atoms with Gasteiger partial charge in [0.2, 0.25) is 0 Å². The first-order chi connectivity index (χ1) is 14.4. The van der Waals surface area contributed by atoms with Gasteiger partial charge in [-0.25, -0.2) is 4.98 Å². The number of hydrogen-bond acceptors (Lipinski definition) is 3. The molecule has 3 heterocycles. The summed E-state index contributed by atoms with van der Waals surface area (Å²) in [6.07, 6.45) is -5.71. The van der Waals surface area contributed by atoms with Crippen molar-refractivity contribution in [3.8, 4) is 5.82 Å². The number of halogens is 7. The van der Waals surface area contributed by atoms with Gasteiger partial charge in [0.05, 0.1) is 17.1 Å². The minimum Gasteiger partial charge on any atom is -0.350 e. The number of rotatable bonds is 5. The first-order valence-electron chi connectivity index (χ1n) is 9.42. The van der Waals surface area contributed by atoms with Crippen LogP contribution in [0, 0.1) is 5.92 Å². The molecule has 5 nitrogen and oxygen atoms in total. The van der Waals surface area contributed by atoms with E-state index in [2.05, 4.69) is 10.3 Å². The van der Waals surface area contributed by atoms with E-state index >= 15 is 0 Å². The largest absolute Gasteiger partial charge is 0.417 e. The van der Waals surface area contributed by atoms with Crippen LogP contribution in [0.4, 0.5) is 26.3 Å². The van der Waals surface area contributed by atoms with E-state index in [0.29, 0.717) is 32.1 Å². The molecule has 0 spiro atoms. The lowest BCUT2D eigenvalue weighted by Gasteiger charge is -2.32. The van der Waals surface area contributed by atoms with Gasteiger partial charge in [-0.1, -0.05) is 11.6 Å². The number of piperidine rings is 1. The summed E-state index contributed by atoms with van der Waals surface area (Å²) < 4.78 is 77.1. The normalized spacial score (nSPS) is 16.5. The van der Waals surface area contributed by atoms with Crippen LogP contribution in [0.1, 0.15) is 28.9 Å². The Morgan fingerprint density at radius 2 is 1.87 bits per heavy atom. The number of hydrogen-bond donors (Lipinski definition) is 1. The third-order valence-electron chi connectivity index (χ3n) is 5.02. The predicted octanol–water partition coefficient (Wildman–Crippen LogP) is 4.55. The summed E-state index contributed by atoms with van der Waals surface area (Å²) in [4.78, 5) is 17.7. The Morgan fingerprint density at radius 1 is 1.19 bits per heavy atom. The number of carbonyl (C=O) groups is 1. The second-order valence-corrected chi connectivity index (χ2v) is 7.74. The third-order valence-corrected chi connectivity index (χ3v) is 5.30. The Bertz CT molecular complexity index is 919. The van der Waals surface area contributed by atoms with E-state index in [1.807, 2.05) is 0 Å². The molecule has 0 saturated carbocycles. The Hall–Kier alpha value is -2.27. The minimum atomic E-state index is -4.60. The lowest BCUT2D eigenvalue weighted by molar-refractivity contribution is -0.148. The molecule has 170 valence electrons. The summed E-state index contributed by atoms with van der Waals surface area (Å²) in [6.45, 7) is -0.0818. The maximum Gasteiger partial charge on any atom is 0.417 e. The molecule has 0 atom stereocenters. The fourth-order valence-electron chi connectivity index (χ4n) is 3.44. The molecule has 1 amide bonds. The number of nitrogens with one attached hydrogen (secondary N) is 1. The molecule has 31 heavy (non-hydrogen) atoms. The smallest absolute Gasteiger partial charge is 0.350 e. The molecule has 1 aliphatic heterocycles. The van der Waals surface area contributed by atoms with Gasteiger partial charge in [-0.05, 0) is 50.0 Å². The van der Waals surface area contributed by atoms with E-state index in [-0.39, 0.29) is 29.0 Å². The van der Waals surface area contributed by atoms with Crippen molar-refractivity contribution in [1.82, 2.24) is 19.8 Å². The molecular weight excluding hydrogens is 450 g/mol. The van der Waals surface area contributed by atoms with Crippen molar-refractivity contribution < 1.29 is 31.1 Å². The van der Waals surface area contributed by atoms with Gasteiger partial charge in [0.15, 0.2) is 5.82 Å². The van der Waals surface area contributed by atoms with Gasteiger partial charge in [-0.15, -0.1) is 0 Å². The van der Waals surface area contributed by atoms with Crippen LogP contribution < -0.4 is 5.32 Å². The standard InChI is InChI=1S/C19H19ClF6N4O/c20-14-8-13(19(24,25)26)10-27-16(14)30-5-1-2-15(30)17(31)28-9-12-3-6-29(7-4-12)11-18(21,22)23/h1-2,5,8,10,12H,3-4,6-7,9,11H2,(H,28,31). The Balaban J connectivity index is 1.61. The zero-order valence-electron chi connectivity index (χ0n) is 16.1. The summed E-state index contributed by atoms with van der Waals surface area (Å²) in [7, 11) is 0. The van der Waals surface area contributed by atoms with Crippen LogP contribution in [-0.2, 0) is 6.18 Å². The quantitative estimate of drug-likeness (QED) is 0.655. The van der Waals surface area contributed by atoms with Crippen molar-refractivity contribution in [1.29, 1.82) is 0 Å². The Kier molecular flexibility index (Phi) is 6.85. The van der Waals surface area contributed by atoms with Gasteiger partial charge in [0.1, 0.15) is 5.69 Å². The average molecular weight is 469 g/mol. The fraction of sp³-hybridized carbons (Fsp3) is 0.474. The fourth-order valence-corrected chi connectivity index (χ4v) is 3.70. The van der Waals surface area contributed by atoms with Crippen molar-refractivity contribution in [3.63, 3.8) is 0 Å². The van der Waals surface area contributed by atoms with Gasteiger partial charge < -0.3 is 5.32 Å². The zero-order valence-corrected chi connectivity index (χ0v) is 16.9. The van der Waals surface area contributed by atoms with E-state index in [1.165, 1.54) is 27.8 Å². The van der Waals surface area contributed by atoms with Crippen molar-refractivity contribution in [2.75, 3.05) is 26.2 Å². The molecule has 0 aromatic carbocycles. The Morgan fingerprint density at radius 3 is 2.45 bits per heavy atom. The van der Waals surface area contributed by atoms with Crippen molar-refractivity contribution in [2.45, 2.75) is 25.2 Å².